The van der Waals surface area contributed by atoms with Gasteiger partial charge in [-0.15, -0.1) is 0 Å². The molecule has 0 radical (unpaired) electrons. The fourth-order valence-electron chi connectivity index (χ4n) is 4.31. The van der Waals surface area contributed by atoms with Gasteiger partial charge in [0.1, 0.15) is 23.6 Å². The highest BCUT2D eigenvalue weighted by atomic mass is 19.1. The Hall–Kier alpha value is -3.54. The van der Waals surface area contributed by atoms with Crippen LogP contribution in [0.25, 0.3) is 0 Å². The highest BCUT2D eigenvalue weighted by Gasteiger charge is 2.38. The van der Waals surface area contributed by atoms with Gasteiger partial charge < -0.3 is 4.74 Å². The van der Waals surface area contributed by atoms with E-state index in [4.69, 9.17) is 10.00 Å². The van der Waals surface area contributed by atoms with Crippen LogP contribution in [-0.4, -0.2) is 20.5 Å². The van der Waals surface area contributed by atoms with Crippen LogP contribution in [0.4, 0.5) is 13.2 Å². The predicted octanol–water partition coefficient (Wildman–Crippen LogP) is 3.65. The topological polar surface area (TPSA) is 72.8 Å². The van der Waals surface area contributed by atoms with Crippen molar-refractivity contribution >= 4 is 0 Å². The number of aryl methyl sites for hydroxylation is 1. The Labute approximate surface area is 175 Å². The average Bonchev–Trinajstić information content (AvgIpc) is 3.25. The van der Waals surface area contributed by atoms with Crippen LogP contribution in [0.3, 0.4) is 0 Å². The molecule has 3 aromatic rings. The molecule has 0 saturated heterocycles. The van der Waals surface area contributed by atoms with E-state index in [1.807, 2.05) is 6.07 Å². The predicted molar refractivity (Wildman–Crippen MR) is 103 cm³/mol. The van der Waals surface area contributed by atoms with Crippen LogP contribution in [0.15, 0.2) is 41.2 Å². The molecule has 158 valence electrons. The zero-order chi connectivity index (χ0) is 21.7. The van der Waals surface area contributed by atoms with Crippen molar-refractivity contribution in [2.45, 2.75) is 43.9 Å². The second-order valence-corrected chi connectivity index (χ2v) is 7.89. The Kier molecular flexibility index (Phi) is 4.58. The van der Waals surface area contributed by atoms with E-state index in [0.29, 0.717) is 42.6 Å². The average molecular weight is 426 g/mol. The molecule has 2 aromatic carbocycles. The SMILES string of the molecule is N#Cc1ccc(F)c(OC2CC(n3nc4n(c3=O)[C@H](c3cc(F)cc(F)c3)CC4)C2)c1. The lowest BCUT2D eigenvalue weighted by Gasteiger charge is -2.34. The van der Waals surface area contributed by atoms with E-state index in [0.717, 1.165) is 6.07 Å². The summed E-state index contributed by atoms with van der Waals surface area (Å²) >= 11 is 0. The van der Waals surface area contributed by atoms with Crippen molar-refractivity contribution in [3.63, 3.8) is 0 Å². The summed E-state index contributed by atoms with van der Waals surface area (Å²) in [6, 6.07) is 8.46. The molecular formula is C22H17F3N4O2. The first-order valence-electron chi connectivity index (χ1n) is 9.95. The van der Waals surface area contributed by atoms with E-state index in [9.17, 15) is 18.0 Å². The molecule has 5 rings (SSSR count). The van der Waals surface area contributed by atoms with E-state index in [-0.39, 0.29) is 23.6 Å². The van der Waals surface area contributed by atoms with Crippen molar-refractivity contribution in [1.82, 2.24) is 14.3 Å². The standard InChI is InChI=1S/C22H17F3N4O2/c23-14-6-13(7-15(24)8-14)19-3-4-21-27-29(22(30)28(19)21)16-9-17(10-16)31-20-5-12(11-26)1-2-18(20)25/h1-2,5-8,16-17,19H,3-4,9-10H2/t16?,17?,19-/m0/s1. The van der Waals surface area contributed by atoms with Crippen LogP contribution in [0.1, 0.15) is 48.3 Å². The second-order valence-electron chi connectivity index (χ2n) is 7.89. The van der Waals surface area contributed by atoms with Gasteiger partial charge >= 0.3 is 5.69 Å². The van der Waals surface area contributed by atoms with Gasteiger partial charge in [-0.2, -0.15) is 10.4 Å². The molecule has 1 atom stereocenters. The number of halogens is 3. The molecule has 2 aliphatic rings. The first-order chi connectivity index (χ1) is 14.9. The Morgan fingerprint density at radius 2 is 1.84 bits per heavy atom. The largest absolute Gasteiger partial charge is 0.487 e. The molecule has 1 aliphatic carbocycles. The van der Waals surface area contributed by atoms with Gasteiger partial charge in [-0.1, -0.05) is 0 Å². The molecule has 1 aromatic heterocycles. The number of nitrogens with zero attached hydrogens (tertiary/aromatic N) is 4. The first kappa shape index (κ1) is 19.4. The fraction of sp³-hybridized carbons (Fsp3) is 0.318. The molecule has 31 heavy (non-hydrogen) atoms. The normalized spacial score (nSPS) is 21.9. The van der Waals surface area contributed by atoms with Crippen LogP contribution >= 0.6 is 0 Å². The summed E-state index contributed by atoms with van der Waals surface area (Å²) in [5, 5.41) is 13.4. The number of hydrogen-bond acceptors (Lipinski definition) is 4. The minimum Gasteiger partial charge on any atom is -0.487 e. The number of aromatic nitrogens is 3. The number of nitriles is 1. The van der Waals surface area contributed by atoms with Crippen molar-refractivity contribution in [1.29, 1.82) is 5.26 Å². The molecule has 0 bridgehead atoms. The molecule has 9 heteroatoms. The smallest absolute Gasteiger partial charge is 0.346 e. The van der Waals surface area contributed by atoms with Gasteiger partial charge in [0.2, 0.25) is 0 Å². The summed E-state index contributed by atoms with van der Waals surface area (Å²) in [5.41, 5.74) is 0.373. The number of benzene rings is 2. The number of fused-ring (bicyclic) bond motifs is 1. The summed E-state index contributed by atoms with van der Waals surface area (Å²) in [5.74, 6) is -1.33. The lowest BCUT2D eigenvalue weighted by molar-refractivity contribution is 0.0589. The highest BCUT2D eigenvalue weighted by molar-refractivity contribution is 5.37. The lowest BCUT2D eigenvalue weighted by atomic mass is 9.89. The highest BCUT2D eigenvalue weighted by Crippen LogP contribution is 2.37. The Bertz CT molecular complexity index is 1250. The Balaban J connectivity index is 1.33. The van der Waals surface area contributed by atoms with Gasteiger partial charge in [0, 0.05) is 31.4 Å². The minimum atomic E-state index is -0.685. The van der Waals surface area contributed by atoms with Crippen molar-refractivity contribution in [3.8, 4) is 11.8 Å². The number of rotatable bonds is 4. The van der Waals surface area contributed by atoms with Gasteiger partial charge in [0.25, 0.3) is 0 Å². The Morgan fingerprint density at radius 3 is 2.55 bits per heavy atom. The fourth-order valence-corrected chi connectivity index (χ4v) is 4.31. The maximum atomic E-state index is 13.9. The summed E-state index contributed by atoms with van der Waals surface area (Å²) < 4.78 is 49.8. The van der Waals surface area contributed by atoms with Crippen molar-refractivity contribution in [2.24, 2.45) is 0 Å². The summed E-state index contributed by atoms with van der Waals surface area (Å²) in [7, 11) is 0. The molecule has 0 unspecified atom stereocenters. The third-order valence-electron chi connectivity index (χ3n) is 5.90. The van der Waals surface area contributed by atoms with E-state index < -0.39 is 23.5 Å². The lowest BCUT2D eigenvalue weighted by Crippen LogP contribution is -2.41. The van der Waals surface area contributed by atoms with E-state index in [1.165, 1.54) is 39.6 Å². The van der Waals surface area contributed by atoms with Gasteiger partial charge in [0.05, 0.1) is 23.7 Å². The van der Waals surface area contributed by atoms with E-state index in [2.05, 4.69) is 5.10 Å². The van der Waals surface area contributed by atoms with Gasteiger partial charge in [-0.05, 0) is 36.2 Å². The third-order valence-corrected chi connectivity index (χ3v) is 5.90. The zero-order valence-corrected chi connectivity index (χ0v) is 16.3. The van der Waals surface area contributed by atoms with E-state index >= 15 is 0 Å². The van der Waals surface area contributed by atoms with Crippen LogP contribution < -0.4 is 10.4 Å². The van der Waals surface area contributed by atoms with Crippen molar-refractivity contribution in [2.75, 3.05) is 0 Å². The molecule has 1 fully saturated rings. The minimum absolute atomic E-state index is 0.00961. The first-order valence-corrected chi connectivity index (χ1v) is 9.95. The monoisotopic (exact) mass is 426 g/mol. The third kappa shape index (κ3) is 3.38. The molecule has 0 N–H and O–H groups in total. The molecule has 6 nitrogen and oxygen atoms in total. The number of ether oxygens (including phenoxy) is 1. The maximum absolute atomic E-state index is 13.9. The van der Waals surface area contributed by atoms with Crippen molar-refractivity contribution in [3.05, 3.63) is 81.3 Å². The molecule has 0 spiro atoms. The second kappa shape index (κ2) is 7.30. The van der Waals surface area contributed by atoms with Crippen LogP contribution in [0, 0.1) is 28.8 Å². The Morgan fingerprint density at radius 1 is 1.10 bits per heavy atom. The van der Waals surface area contributed by atoms with Crippen LogP contribution in [0.2, 0.25) is 0 Å². The molecular weight excluding hydrogens is 409 g/mol. The quantitative estimate of drug-likeness (QED) is 0.639. The number of hydrogen-bond donors (Lipinski definition) is 0. The molecule has 0 amide bonds. The summed E-state index contributed by atoms with van der Waals surface area (Å²) in [6.45, 7) is 0. The molecule has 2 heterocycles. The van der Waals surface area contributed by atoms with Gasteiger partial charge in [-0.25, -0.2) is 22.6 Å². The van der Waals surface area contributed by atoms with Crippen molar-refractivity contribution < 1.29 is 17.9 Å². The summed E-state index contributed by atoms with van der Waals surface area (Å²) in [6.07, 6.45) is 1.71. The van der Waals surface area contributed by atoms with Gasteiger partial charge in [0.15, 0.2) is 11.6 Å². The van der Waals surface area contributed by atoms with E-state index in [1.54, 1.807) is 0 Å². The molecule has 1 aliphatic heterocycles. The molecule has 1 saturated carbocycles. The zero-order valence-electron chi connectivity index (χ0n) is 16.3. The van der Waals surface area contributed by atoms with Crippen LogP contribution in [0.5, 0.6) is 5.75 Å². The van der Waals surface area contributed by atoms with Crippen LogP contribution in [-0.2, 0) is 6.42 Å². The van der Waals surface area contributed by atoms with Gasteiger partial charge in [-0.3, -0.25) is 4.57 Å². The maximum Gasteiger partial charge on any atom is 0.346 e. The summed E-state index contributed by atoms with van der Waals surface area (Å²) in [4.78, 5) is 13.0.